The molecule has 5 nitrogen and oxygen atoms in total. The normalized spacial score (nSPS) is 11.4. The van der Waals surface area contributed by atoms with Crippen LogP contribution in [0.1, 0.15) is 17.8 Å². The SMILES string of the molecule is N#CCCNN=C(Cc1nc2ccccc2[nH]1)c1ccc(Br)cc1. The summed E-state index contributed by atoms with van der Waals surface area (Å²) in [5, 5.41) is 13.1. The van der Waals surface area contributed by atoms with Crippen LogP contribution in [0.2, 0.25) is 0 Å². The molecule has 3 rings (SSSR count). The number of benzene rings is 2. The number of nitriles is 1. The maximum atomic E-state index is 8.64. The van der Waals surface area contributed by atoms with Gasteiger partial charge in [0.25, 0.3) is 0 Å². The Morgan fingerprint density at radius 2 is 2.00 bits per heavy atom. The van der Waals surface area contributed by atoms with Crippen LogP contribution >= 0.6 is 15.9 Å². The van der Waals surface area contributed by atoms with Crippen molar-refractivity contribution in [3.63, 3.8) is 0 Å². The molecular formula is C18H16BrN5. The first kappa shape index (κ1) is 16.2. The quantitative estimate of drug-likeness (QED) is 0.387. The molecule has 2 aromatic carbocycles. The second-order valence-corrected chi connectivity index (χ2v) is 6.17. The van der Waals surface area contributed by atoms with Gasteiger partial charge in [-0.15, -0.1) is 0 Å². The maximum absolute atomic E-state index is 8.64. The fraction of sp³-hybridized carbons (Fsp3) is 0.167. The fourth-order valence-corrected chi connectivity index (χ4v) is 2.62. The van der Waals surface area contributed by atoms with E-state index in [1.54, 1.807) is 0 Å². The second kappa shape index (κ2) is 7.75. The molecular weight excluding hydrogens is 366 g/mol. The van der Waals surface area contributed by atoms with Crippen molar-refractivity contribution in [2.24, 2.45) is 5.10 Å². The molecule has 0 saturated heterocycles. The van der Waals surface area contributed by atoms with E-state index in [0.717, 1.165) is 32.6 Å². The monoisotopic (exact) mass is 381 g/mol. The molecule has 0 fully saturated rings. The molecule has 0 aliphatic carbocycles. The Labute approximate surface area is 148 Å². The average molecular weight is 382 g/mol. The van der Waals surface area contributed by atoms with E-state index >= 15 is 0 Å². The van der Waals surface area contributed by atoms with Crippen LogP contribution in [0.15, 0.2) is 58.1 Å². The summed E-state index contributed by atoms with van der Waals surface area (Å²) in [5.74, 6) is 0.861. The third-order valence-electron chi connectivity index (χ3n) is 3.51. The van der Waals surface area contributed by atoms with Crippen LogP contribution in [-0.4, -0.2) is 22.2 Å². The smallest absolute Gasteiger partial charge is 0.113 e. The molecule has 0 aliphatic rings. The Bertz CT molecular complexity index is 857. The van der Waals surface area contributed by atoms with Gasteiger partial charge >= 0.3 is 0 Å². The maximum Gasteiger partial charge on any atom is 0.113 e. The molecule has 1 aromatic heterocycles. The van der Waals surface area contributed by atoms with Crippen LogP contribution in [0, 0.1) is 11.3 Å². The van der Waals surface area contributed by atoms with Gasteiger partial charge in [0, 0.05) is 11.0 Å². The van der Waals surface area contributed by atoms with Crippen molar-refractivity contribution in [3.8, 4) is 6.07 Å². The summed E-state index contributed by atoms with van der Waals surface area (Å²) in [6, 6.07) is 18.0. The molecule has 0 bridgehead atoms. The number of nitrogens with zero attached hydrogens (tertiary/aromatic N) is 3. The van der Waals surface area contributed by atoms with Gasteiger partial charge in [-0.05, 0) is 29.8 Å². The van der Waals surface area contributed by atoms with E-state index in [2.05, 4.69) is 42.5 Å². The molecule has 24 heavy (non-hydrogen) atoms. The van der Waals surface area contributed by atoms with Crippen LogP contribution in [0.4, 0.5) is 0 Å². The summed E-state index contributed by atoms with van der Waals surface area (Å²) in [6.07, 6.45) is 0.998. The van der Waals surface area contributed by atoms with Gasteiger partial charge in [0.2, 0.25) is 0 Å². The first-order valence-electron chi connectivity index (χ1n) is 7.62. The lowest BCUT2D eigenvalue weighted by atomic mass is 10.1. The molecule has 6 heteroatoms. The third kappa shape index (κ3) is 4.00. The number of hydrogen-bond acceptors (Lipinski definition) is 4. The van der Waals surface area contributed by atoms with Gasteiger partial charge in [-0.1, -0.05) is 40.2 Å². The van der Waals surface area contributed by atoms with E-state index in [0.29, 0.717) is 19.4 Å². The van der Waals surface area contributed by atoms with Gasteiger partial charge < -0.3 is 10.4 Å². The van der Waals surface area contributed by atoms with E-state index in [9.17, 15) is 0 Å². The molecule has 0 saturated carbocycles. The highest BCUT2D eigenvalue weighted by Gasteiger charge is 2.09. The minimum absolute atomic E-state index is 0.418. The second-order valence-electron chi connectivity index (χ2n) is 5.26. The molecule has 0 amide bonds. The minimum Gasteiger partial charge on any atom is -0.342 e. The van der Waals surface area contributed by atoms with Gasteiger partial charge in [0.05, 0.1) is 35.7 Å². The fourth-order valence-electron chi connectivity index (χ4n) is 2.36. The number of hydrogen-bond donors (Lipinski definition) is 2. The van der Waals surface area contributed by atoms with Crippen LogP contribution < -0.4 is 5.43 Å². The summed E-state index contributed by atoms with van der Waals surface area (Å²) in [7, 11) is 0. The van der Waals surface area contributed by atoms with Gasteiger partial charge in [-0.25, -0.2) is 4.98 Å². The predicted molar refractivity (Wildman–Crippen MR) is 98.7 cm³/mol. The van der Waals surface area contributed by atoms with E-state index < -0.39 is 0 Å². The number of hydrazone groups is 1. The zero-order chi connectivity index (χ0) is 16.8. The number of aromatic nitrogens is 2. The van der Waals surface area contributed by atoms with E-state index in [4.69, 9.17) is 5.26 Å². The lowest BCUT2D eigenvalue weighted by Gasteiger charge is -2.06. The minimum atomic E-state index is 0.418. The molecule has 0 radical (unpaired) electrons. The van der Waals surface area contributed by atoms with Crippen molar-refractivity contribution in [1.82, 2.24) is 15.4 Å². The molecule has 3 aromatic rings. The number of halogens is 1. The molecule has 0 atom stereocenters. The van der Waals surface area contributed by atoms with E-state index in [1.807, 2.05) is 48.5 Å². The molecule has 0 spiro atoms. The molecule has 0 aliphatic heterocycles. The lowest BCUT2D eigenvalue weighted by Crippen LogP contribution is -2.15. The highest BCUT2D eigenvalue weighted by Crippen LogP contribution is 2.15. The number of aromatic amines is 1. The largest absolute Gasteiger partial charge is 0.342 e. The highest BCUT2D eigenvalue weighted by atomic mass is 79.9. The topological polar surface area (TPSA) is 76.9 Å². The predicted octanol–water partition coefficient (Wildman–Crippen LogP) is 3.78. The number of H-pyrrole nitrogens is 1. The zero-order valence-electron chi connectivity index (χ0n) is 13.0. The summed E-state index contributed by atoms with van der Waals surface area (Å²) >= 11 is 3.45. The van der Waals surface area contributed by atoms with Crippen LogP contribution in [0.25, 0.3) is 11.0 Å². The van der Waals surface area contributed by atoms with Crippen molar-refractivity contribution in [3.05, 3.63) is 64.4 Å². The van der Waals surface area contributed by atoms with Crippen LogP contribution in [0.3, 0.4) is 0 Å². The van der Waals surface area contributed by atoms with Gasteiger partial charge in [0.15, 0.2) is 0 Å². The van der Waals surface area contributed by atoms with Gasteiger partial charge in [-0.3, -0.25) is 0 Å². The highest BCUT2D eigenvalue weighted by molar-refractivity contribution is 9.10. The van der Waals surface area contributed by atoms with Gasteiger partial charge in [0.1, 0.15) is 5.82 Å². The summed E-state index contributed by atoms with van der Waals surface area (Å²) in [4.78, 5) is 7.94. The van der Waals surface area contributed by atoms with Crippen molar-refractivity contribution in [1.29, 1.82) is 5.26 Å². The first-order chi connectivity index (χ1) is 11.8. The number of rotatable bonds is 6. The summed E-state index contributed by atoms with van der Waals surface area (Å²) < 4.78 is 1.02. The van der Waals surface area contributed by atoms with Gasteiger partial charge in [-0.2, -0.15) is 10.4 Å². The average Bonchev–Trinajstić information content (AvgIpc) is 3.01. The summed E-state index contributed by atoms with van der Waals surface area (Å²) in [6.45, 7) is 0.524. The van der Waals surface area contributed by atoms with E-state index in [-0.39, 0.29) is 0 Å². The standard InChI is InChI=1S/C18H16BrN5/c19-14-8-6-13(7-9-14)17(24-21-11-3-10-20)12-18-22-15-4-1-2-5-16(15)23-18/h1-2,4-9,21H,3,11-12H2,(H,22,23). The number of fused-ring (bicyclic) bond motifs is 1. The zero-order valence-corrected chi connectivity index (χ0v) is 14.5. The van der Waals surface area contributed by atoms with Crippen molar-refractivity contribution in [2.45, 2.75) is 12.8 Å². The van der Waals surface area contributed by atoms with Crippen LogP contribution in [0.5, 0.6) is 0 Å². The molecule has 2 N–H and O–H groups in total. The van der Waals surface area contributed by atoms with Crippen molar-refractivity contribution in [2.75, 3.05) is 6.54 Å². The number of nitrogens with one attached hydrogen (secondary N) is 2. The Hall–Kier alpha value is -2.65. The Morgan fingerprint density at radius 1 is 1.21 bits per heavy atom. The lowest BCUT2D eigenvalue weighted by molar-refractivity contribution is 0.744. The Kier molecular flexibility index (Phi) is 5.24. The van der Waals surface area contributed by atoms with Crippen molar-refractivity contribution >= 4 is 32.7 Å². The number of imidazole rings is 1. The Balaban J connectivity index is 1.85. The first-order valence-corrected chi connectivity index (χ1v) is 8.41. The molecule has 120 valence electrons. The van der Waals surface area contributed by atoms with Crippen molar-refractivity contribution < 1.29 is 0 Å². The van der Waals surface area contributed by atoms with Crippen LogP contribution in [-0.2, 0) is 6.42 Å². The molecule has 0 unspecified atom stereocenters. The third-order valence-corrected chi connectivity index (χ3v) is 4.04. The van der Waals surface area contributed by atoms with E-state index in [1.165, 1.54) is 0 Å². The number of para-hydroxylation sites is 2. The summed E-state index contributed by atoms with van der Waals surface area (Å²) in [5.41, 5.74) is 6.82. The Morgan fingerprint density at radius 3 is 2.75 bits per heavy atom. The molecule has 1 heterocycles.